The van der Waals surface area contributed by atoms with Crippen LogP contribution in [0.3, 0.4) is 0 Å². The number of hydrogen-bond acceptors (Lipinski definition) is 4. The van der Waals surface area contributed by atoms with Crippen LogP contribution in [-0.2, 0) is 14.3 Å². The van der Waals surface area contributed by atoms with Gasteiger partial charge >= 0.3 is 12.1 Å². The van der Waals surface area contributed by atoms with Crippen molar-refractivity contribution in [2.24, 2.45) is 11.8 Å². The number of piperidine rings is 1. The second kappa shape index (κ2) is 6.83. The minimum Gasteiger partial charge on any atom is -0.466 e. The Morgan fingerprint density at radius 3 is 2.72 bits per heavy atom. The zero-order chi connectivity index (χ0) is 13.7. The van der Waals surface area contributed by atoms with Crippen molar-refractivity contribution in [2.45, 2.75) is 32.8 Å². The molecule has 0 N–H and O–H groups in total. The third-order valence-corrected chi connectivity index (χ3v) is 3.16. The first-order chi connectivity index (χ1) is 8.45. The van der Waals surface area contributed by atoms with Gasteiger partial charge in [0.05, 0.1) is 12.5 Å². The van der Waals surface area contributed by atoms with Gasteiger partial charge in [-0.25, -0.2) is 4.79 Å². The molecule has 3 atom stereocenters. The van der Waals surface area contributed by atoms with E-state index in [0.717, 1.165) is 6.42 Å². The summed E-state index contributed by atoms with van der Waals surface area (Å²) in [6.45, 7) is 6.61. The minimum absolute atomic E-state index is 0.210. The van der Waals surface area contributed by atoms with E-state index in [1.165, 1.54) is 4.90 Å². The van der Waals surface area contributed by atoms with Crippen molar-refractivity contribution in [1.29, 1.82) is 0 Å². The molecule has 1 aliphatic rings. The topological polar surface area (TPSA) is 55.8 Å². The van der Waals surface area contributed by atoms with Crippen molar-refractivity contribution in [3.05, 3.63) is 0 Å². The third kappa shape index (κ3) is 4.05. The number of alkyl halides is 1. The van der Waals surface area contributed by atoms with Gasteiger partial charge in [-0.2, -0.15) is 0 Å². The molecule has 0 bridgehead atoms. The molecule has 0 radical (unpaired) electrons. The van der Waals surface area contributed by atoms with Crippen molar-refractivity contribution in [3.63, 3.8) is 0 Å². The van der Waals surface area contributed by atoms with Crippen LogP contribution in [0, 0.1) is 11.8 Å². The summed E-state index contributed by atoms with van der Waals surface area (Å²) < 4.78 is 9.93. The lowest BCUT2D eigenvalue weighted by molar-refractivity contribution is -0.151. The van der Waals surface area contributed by atoms with Crippen LogP contribution in [0.1, 0.15) is 27.2 Å². The molecule has 1 fully saturated rings. The van der Waals surface area contributed by atoms with Crippen LogP contribution in [0.2, 0.25) is 0 Å². The Hall–Kier alpha value is -0.970. The fourth-order valence-corrected chi connectivity index (χ4v) is 2.08. The molecule has 0 aromatic rings. The fraction of sp³-hybridized carbons (Fsp3) is 0.833. The highest BCUT2D eigenvalue weighted by molar-refractivity contribution is 6.19. The Morgan fingerprint density at radius 2 is 2.17 bits per heavy atom. The van der Waals surface area contributed by atoms with Crippen LogP contribution in [0.15, 0.2) is 0 Å². The van der Waals surface area contributed by atoms with E-state index in [4.69, 9.17) is 21.1 Å². The molecule has 0 aromatic heterocycles. The van der Waals surface area contributed by atoms with Crippen molar-refractivity contribution in [1.82, 2.24) is 4.90 Å². The fourth-order valence-electron chi connectivity index (χ4n) is 2.00. The average molecular weight is 278 g/mol. The Kier molecular flexibility index (Phi) is 5.72. The Morgan fingerprint density at radius 1 is 1.50 bits per heavy atom. The summed E-state index contributed by atoms with van der Waals surface area (Å²) >= 11 is 5.61. The summed E-state index contributed by atoms with van der Waals surface area (Å²) in [5.74, 6) is -0.320. The van der Waals surface area contributed by atoms with E-state index in [-0.39, 0.29) is 17.8 Å². The molecule has 1 amide bonds. The van der Waals surface area contributed by atoms with Crippen molar-refractivity contribution in [3.8, 4) is 0 Å². The van der Waals surface area contributed by atoms with Crippen LogP contribution in [0.25, 0.3) is 0 Å². The van der Waals surface area contributed by atoms with E-state index in [9.17, 15) is 9.59 Å². The molecule has 3 unspecified atom stereocenters. The van der Waals surface area contributed by atoms with Crippen LogP contribution < -0.4 is 0 Å². The molecule has 104 valence electrons. The predicted octanol–water partition coefficient (Wildman–Crippen LogP) is 2.23. The lowest BCUT2D eigenvalue weighted by Gasteiger charge is -2.35. The van der Waals surface area contributed by atoms with Crippen molar-refractivity contribution >= 4 is 23.7 Å². The summed E-state index contributed by atoms with van der Waals surface area (Å²) in [4.78, 5) is 25.0. The molecule has 0 aliphatic carbocycles. The van der Waals surface area contributed by atoms with E-state index >= 15 is 0 Å². The summed E-state index contributed by atoms with van der Waals surface area (Å²) in [5, 5.41) is 0. The molecule has 18 heavy (non-hydrogen) atoms. The number of carbonyl (C=O) groups excluding carboxylic acids is 2. The average Bonchev–Trinajstić information content (AvgIpc) is 2.28. The van der Waals surface area contributed by atoms with Gasteiger partial charge in [0.2, 0.25) is 0 Å². The van der Waals surface area contributed by atoms with Gasteiger partial charge < -0.3 is 14.4 Å². The molecule has 1 aliphatic heterocycles. The molecule has 5 nitrogen and oxygen atoms in total. The Balaban J connectivity index is 2.60. The van der Waals surface area contributed by atoms with E-state index in [1.807, 2.05) is 6.92 Å². The number of hydrogen-bond donors (Lipinski definition) is 0. The molecule has 0 saturated carbocycles. The molecule has 6 heteroatoms. The van der Waals surface area contributed by atoms with Gasteiger partial charge in [0.15, 0.2) is 5.56 Å². The lowest BCUT2D eigenvalue weighted by atomic mass is 9.87. The summed E-state index contributed by atoms with van der Waals surface area (Å²) in [7, 11) is 0. The van der Waals surface area contributed by atoms with Crippen LogP contribution >= 0.6 is 11.6 Å². The SMILES string of the molecule is CCOC(=O)C1CN(C(=O)OC(C)Cl)CCC1C. The molecule has 1 heterocycles. The van der Waals surface area contributed by atoms with Gasteiger partial charge in [-0.05, 0) is 26.2 Å². The van der Waals surface area contributed by atoms with E-state index < -0.39 is 11.7 Å². The van der Waals surface area contributed by atoms with Gasteiger partial charge in [-0.1, -0.05) is 18.5 Å². The number of rotatable bonds is 3. The number of esters is 1. The summed E-state index contributed by atoms with van der Waals surface area (Å²) in [5.41, 5.74) is -0.669. The van der Waals surface area contributed by atoms with E-state index in [1.54, 1.807) is 13.8 Å². The van der Waals surface area contributed by atoms with Gasteiger partial charge in [0.25, 0.3) is 0 Å². The maximum atomic E-state index is 11.8. The Bertz CT molecular complexity index is 308. The first-order valence-electron chi connectivity index (χ1n) is 6.22. The summed E-state index contributed by atoms with van der Waals surface area (Å²) in [6, 6.07) is 0. The second-order valence-corrected chi connectivity index (χ2v) is 5.11. The first-order valence-corrected chi connectivity index (χ1v) is 6.65. The third-order valence-electron chi connectivity index (χ3n) is 3.07. The zero-order valence-corrected chi connectivity index (χ0v) is 11.8. The number of carbonyl (C=O) groups is 2. The van der Waals surface area contributed by atoms with Crippen LogP contribution in [0.4, 0.5) is 4.79 Å². The highest BCUT2D eigenvalue weighted by atomic mass is 35.5. The predicted molar refractivity (Wildman–Crippen MR) is 67.3 cm³/mol. The van der Waals surface area contributed by atoms with Crippen molar-refractivity contribution < 1.29 is 19.1 Å². The number of likely N-dealkylation sites (tertiary alicyclic amines) is 1. The molecule has 1 rings (SSSR count). The van der Waals surface area contributed by atoms with E-state index in [2.05, 4.69) is 0 Å². The van der Waals surface area contributed by atoms with Gasteiger partial charge in [0.1, 0.15) is 0 Å². The highest BCUT2D eigenvalue weighted by Gasteiger charge is 2.35. The molecular formula is C12H20ClNO4. The maximum Gasteiger partial charge on any atom is 0.411 e. The lowest BCUT2D eigenvalue weighted by Crippen LogP contribution is -2.46. The molecule has 0 aromatic carbocycles. The highest BCUT2D eigenvalue weighted by Crippen LogP contribution is 2.25. The van der Waals surface area contributed by atoms with Gasteiger partial charge in [-0.3, -0.25) is 4.79 Å². The van der Waals surface area contributed by atoms with Crippen molar-refractivity contribution in [2.75, 3.05) is 19.7 Å². The molecule has 1 saturated heterocycles. The largest absolute Gasteiger partial charge is 0.466 e. The quantitative estimate of drug-likeness (QED) is 0.586. The zero-order valence-electron chi connectivity index (χ0n) is 11.0. The number of amides is 1. The van der Waals surface area contributed by atoms with Crippen LogP contribution in [0.5, 0.6) is 0 Å². The number of ether oxygens (including phenoxy) is 2. The summed E-state index contributed by atoms with van der Waals surface area (Å²) in [6.07, 6.45) is 0.286. The second-order valence-electron chi connectivity index (χ2n) is 4.50. The molecule has 0 spiro atoms. The van der Waals surface area contributed by atoms with Gasteiger partial charge in [-0.15, -0.1) is 0 Å². The van der Waals surface area contributed by atoms with Crippen LogP contribution in [-0.4, -0.2) is 42.2 Å². The standard InChI is InChI=1S/C12H20ClNO4/c1-4-17-11(15)10-7-14(6-5-8(10)2)12(16)18-9(3)13/h8-10H,4-7H2,1-3H3. The minimum atomic E-state index is -0.669. The number of halogens is 1. The monoisotopic (exact) mass is 277 g/mol. The number of nitrogens with zero attached hydrogens (tertiary/aromatic N) is 1. The van der Waals surface area contributed by atoms with Gasteiger partial charge in [0, 0.05) is 13.1 Å². The van der Waals surface area contributed by atoms with E-state index in [0.29, 0.717) is 19.7 Å². The first kappa shape index (κ1) is 15.1. The smallest absolute Gasteiger partial charge is 0.411 e. The Labute approximate surface area is 112 Å². The maximum absolute atomic E-state index is 11.8. The molecular weight excluding hydrogens is 258 g/mol. The normalized spacial score (nSPS) is 25.4.